The van der Waals surface area contributed by atoms with Gasteiger partial charge in [-0.05, 0) is 55.0 Å². The van der Waals surface area contributed by atoms with Crippen LogP contribution in [0.15, 0.2) is 41.3 Å². The van der Waals surface area contributed by atoms with Crippen molar-refractivity contribution in [2.45, 2.75) is 25.2 Å². The van der Waals surface area contributed by atoms with Gasteiger partial charge in [0.15, 0.2) is 6.61 Å². The third-order valence-corrected chi connectivity index (χ3v) is 4.74. The second-order valence-corrected chi connectivity index (χ2v) is 7.00. The summed E-state index contributed by atoms with van der Waals surface area (Å²) in [5.74, 6) is 6.65. The number of ether oxygens (including phenoxy) is 1. The summed E-state index contributed by atoms with van der Waals surface area (Å²) in [6.07, 6.45) is 1.12. The van der Waals surface area contributed by atoms with Gasteiger partial charge in [0.2, 0.25) is 0 Å². The predicted octanol–water partition coefficient (Wildman–Crippen LogP) is 5.01. The molecule has 0 heterocycles. The lowest BCUT2D eigenvalue weighted by atomic mass is 10.1. The Morgan fingerprint density at radius 3 is 2.68 bits per heavy atom. The summed E-state index contributed by atoms with van der Waals surface area (Å²) >= 11 is 7.84. The lowest BCUT2D eigenvalue weighted by molar-refractivity contribution is -0.139. The molecule has 0 spiro atoms. The van der Waals surface area contributed by atoms with Crippen LogP contribution < -0.4 is 4.74 Å². The van der Waals surface area contributed by atoms with E-state index in [4.69, 9.17) is 21.4 Å². The molecule has 0 saturated heterocycles. The minimum absolute atomic E-state index is 0.411. The summed E-state index contributed by atoms with van der Waals surface area (Å²) < 4.78 is 5.28. The van der Waals surface area contributed by atoms with E-state index >= 15 is 0 Å². The van der Waals surface area contributed by atoms with E-state index in [0.29, 0.717) is 16.3 Å². The number of thioether (sulfide) groups is 1. The molecule has 25 heavy (non-hydrogen) atoms. The molecule has 0 aromatic heterocycles. The molecule has 2 rings (SSSR count). The van der Waals surface area contributed by atoms with Crippen molar-refractivity contribution in [2.24, 2.45) is 0 Å². The quantitative estimate of drug-likeness (QED) is 0.570. The van der Waals surface area contributed by atoms with Gasteiger partial charge in [0.05, 0.1) is 5.56 Å². The van der Waals surface area contributed by atoms with E-state index in [9.17, 15) is 4.79 Å². The van der Waals surface area contributed by atoms with Gasteiger partial charge in [0.25, 0.3) is 0 Å². The van der Waals surface area contributed by atoms with Crippen LogP contribution in [0, 0.1) is 18.8 Å². The number of benzene rings is 2. The topological polar surface area (TPSA) is 46.5 Å². The summed E-state index contributed by atoms with van der Waals surface area (Å²) in [6, 6.07) is 11.2. The number of carbonyl (C=O) groups is 1. The number of rotatable bonds is 6. The minimum atomic E-state index is -1.04. The second kappa shape index (κ2) is 9.41. The molecule has 2 aromatic carbocycles. The Kier molecular flexibility index (Phi) is 7.24. The predicted molar refractivity (Wildman–Crippen MR) is 103 cm³/mol. The van der Waals surface area contributed by atoms with Gasteiger partial charge in [-0.3, -0.25) is 0 Å². The molecule has 0 unspecified atom stereocenters. The van der Waals surface area contributed by atoms with Crippen LogP contribution in [-0.2, 0) is 4.79 Å². The summed E-state index contributed by atoms with van der Waals surface area (Å²) in [5.41, 5.74) is 2.59. The Hall–Kier alpha value is -2.09. The first-order valence-electron chi connectivity index (χ1n) is 7.89. The zero-order chi connectivity index (χ0) is 18.2. The van der Waals surface area contributed by atoms with Crippen LogP contribution in [0.2, 0.25) is 5.02 Å². The molecule has 0 aliphatic heterocycles. The number of hydrogen-bond donors (Lipinski definition) is 1. The lowest BCUT2D eigenvalue weighted by Gasteiger charge is -2.06. The van der Waals surface area contributed by atoms with Gasteiger partial charge in [0, 0.05) is 15.5 Å². The summed E-state index contributed by atoms with van der Waals surface area (Å²) in [6.45, 7) is 3.75. The molecule has 3 nitrogen and oxygen atoms in total. The van der Waals surface area contributed by atoms with Crippen molar-refractivity contribution >= 4 is 29.3 Å². The number of hydrogen-bond acceptors (Lipinski definition) is 3. The highest BCUT2D eigenvalue weighted by molar-refractivity contribution is 7.99. The van der Waals surface area contributed by atoms with Crippen LogP contribution in [0.4, 0.5) is 0 Å². The maximum absolute atomic E-state index is 10.7. The molecule has 0 saturated carbocycles. The normalized spacial score (nSPS) is 10.0. The molecule has 0 radical (unpaired) electrons. The van der Waals surface area contributed by atoms with Gasteiger partial charge in [-0.15, -0.1) is 11.8 Å². The second-order valence-electron chi connectivity index (χ2n) is 5.40. The number of carboxylic acids is 1. The average Bonchev–Trinajstić information content (AvgIpc) is 2.59. The van der Waals surface area contributed by atoms with Crippen molar-refractivity contribution in [3.8, 4) is 17.6 Å². The molecule has 2 aromatic rings. The number of aliphatic carboxylic acids is 1. The molecule has 130 valence electrons. The molecule has 0 amide bonds. The van der Waals surface area contributed by atoms with E-state index in [2.05, 4.69) is 37.0 Å². The smallest absolute Gasteiger partial charge is 0.341 e. The third-order valence-electron chi connectivity index (χ3n) is 3.31. The maximum atomic E-state index is 10.7. The molecule has 0 fully saturated rings. The van der Waals surface area contributed by atoms with E-state index < -0.39 is 12.6 Å². The highest BCUT2D eigenvalue weighted by Gasteiger charge is 2.06. The van der Waals surface area contributed by atoms with Gasteiger partial charge >= 0.3 is 5.97 Å². The molecule has 0 atom stereocenters. The van der Waals surface area contributed by atoms with E-state index in [1.54, 1.807) is 30.0 Å². The summed E-state index contributed by atoms with van der Waals surface area (Å²) in [5, 5.41) is 9.30. The van der Waals surface area contributed by atoms with Crippen molar-refractivity contribution in [2.75, 3.05) is 12.4 Å². The SMILES string of the molecule is CCCSc1ccc(C)c(C#Cc2cc(Cl)ccc2OCC(=O)O)c1. The van der Waals surface area contributed by atoms with Gasteiger partial charge in [-0.25, -0.2) is 4.79 Å². The Morgan fingerprint density at radius 2 is 1.96 bits per heavy atom. The van der Waals surface area contributed by atoms with Crippen molar-refractivity contribution in [1.82, 2.24) is 0 Å². The van der Waals surface area contributed by atoms with Crippen LogP contribution in [0.1, 0.15) is 30.0 Å². The Bertz CT molecular complexity index is 821. The molecular formula is C20H19ClO3S. The standard InChI is InChI=1S/C20H19ClO3S/c1-3-10-25-18-8-4-14(2)15(12-18)5-6-16-11-17(21)7-9-19(16)24-13-20(22)23/h4,7-9,11-12H,3,10,13H2,1-2H3,(H,22,23). The zero-order valence-electron chi connectivity index (χ0n) is 14.1. The van der Waals surface area contributed by atoms with Gasteiger partial charge < -0.3 is 9.84 Å². The molecular weight excluding hydrogens is 356 g/mol. The lowest BCUT2D eigenvalue weighted by Crippen LogP contribution is -2.10. The Balaban J connectivity index is 2.31. The van der Waals surface area contributed by atoms with E-state index in [1.807, 2.05) is 6.92 Å². The van der Waals surface area contributed by atoms with Gasteiger partial charge in [-0.2, -0.15) is 0 Å². The van der Waals surface area contributed by atoms with Crippen LogP contribution in [0.5, 0.6) is 5.75 Å². The molecule has 0 aliphatic carbocycles. The fraction of sp³-hybridized carbons (Fsp3) is 0.250. The number of aryl methyl sites for hydroxylation is 1. The number of carboxylic acid groups (broad SMARTS) is 1. The number of halogens is 1. The zero-order valence-corrected chi connectivity index (χ0v) is 15.7. The third kappa shape index (κ3) is 6.04. The van der Waals surface area contributed by atoms with Crippen LogP contribution in [0.25, 0.3) is 0 Å². The van der Waals surface area contributed by atoms with Crippen LogP contribution in [0.3, 0.4) is 0 Å². The summed E-state index contributed by atoms with van der Waals surface area (Å²) in [4.78, 5) is 11.9. The van der Waals surface area contributed by atoms with E-state index in [0.717, 1.165) is 23.3 Å². The van der Waals surface area contributed by atoms with Crippen molar-refractivity contribution in [1.29, 1.82) is 0 Å². The largest absolute Gasteiger partial charge is 0.481 e. The molecule has 5 heteroatoms. The van der Waals surface area contributed by atoms with Gasteiger partial charge in [-0.1, -0.05) is 36.4 Å². The Morgan fingerprint density at radius 1 is 1.20 bits per heavy atom. The monoisotopic (exact) mass is 374 g/mol. The summed E-state index contributed by atoms with van der Waals surface area (Å²) in [7, 11) is 0. The van der Waals surface area contributed by atoms with Crippen molar-refractivity contribution in [3.63, 3.8) is 0 Å². The first-order chi connectivity index (χ1) is 12.0. The van der Waals surface area contributed by atoms with Crippen LogP contribution >= 0.6 is 23.4 Å². The maximum Gasteiger partial charge on any atom is 0.341 e. The van der Waals surface area contributed by atoms with E-state index in [1.165, 1.54) is 4.90 Å². The van der Waals surface area contributed by atoms with E-state index in [-0.39, 0.29) is 0 Å². The van der Waals surface area contributed by atoms with Gasteiger partial charge in [0.1, 0.15) is 5.75 Å². The minimum Gasteiger partial charge on any atom is -0.481 e. The van der Waals surface area contributed by atoms with Crippen molar-refractivity contribution < 1.29 is 14.6 Å². The first kappa shape index (κ1) is 19.2. The Labute approximate surface area is 157 Å². The molecule has 0 aliphatic rings. The molecule has 0 bridgehead atoms. The van der Waals surface area contributed by atoms with Crippen LogP contribution in [-0.4, -0.2) is 23.4 Å². The first-order valence-corrected chi connectivity index (χ1v) is 9.25. The highest BCUT2D eigenvalue weighted by Crippen LogP contribution is 2.24. The average molecular weight is 375 g/mol. The fourth-order valence-electron chi connectivity index (χ4n) is 2.05. The highest BCUT2D eigenvalue weighted by atomic mass is 35.5. The molecule has 1 N–H and O–H groups in total. The fourth-order valence-corrected chi connectivity index (χ4v) is 3.02. The van der Waals surface area contributed by atoms with Crippen molar-refractivity contribution in [3.05, 3.63) is 58.1 Å².